The van der Waals surface area contributed by atoms with E-state index in [0.717, 1.165) is 36.1 Å². The number of nitrogens with zero attached hydrogens (tertiary/aromatic N) is 2. The van der Waals surface area contributed by atoms with E-state index in [-0.39, 0.29) is 16.7 Å². The number of rotatable bonds is 4. The number of fused-ring (bicyclic) bond motifs is 1. The molecule has 196 valence electrons. The van der Waals surface area contributed by atoms with Crippen molar-refractivity contribution in [2.45, 2.75) is 57.9 Å². The van der Waals surface area contributed by atoms with Gasteiger partial charge in [0.1, 0.15) is 5.76 Å². The third-order valence-corrected chi connectivity index (χ3v) is 7.80. The van der Waals surface area contributed by atoms with Crippen molar-refractivity contribution in [2.24, 2.45) is 0 Å². The van der Waals surface area contributed by atoms with Gasteiger partial charge in [-0.1, -0.05) is 57.2 Å². The maximum Gasteiger partial charge on any atom is 0.300 e. The monoisotopic (exact) mass is 508 g/mol. The van der Waals surface area contributed by atoms with Crippen LogP contribution in [-0.2, 0) is 27.8 Å². The number of carbonyl (C=O) groups is 2. The fourth-order valence-corrected chi connectivity index (χ4v) is 5.53. The van der Waals surface area contributed by atoms with Crippen molar-refractivity contribution in [3.05, 3.63) is 100 Å². The first-order valence-corrected chi connectivity index (χ1v) is 13.4. The highest BCUT2D eigenvalue weighted by molar-refractivity contribution is 6.51. The summed E-state index contributed by atoms with van der Waals surface area (Å²) in [5, 5.41) is 11.6. The molecule has 1 aliphatic carbocycles. The molecule has 0 spiro atoms. The van der Waals surface area contributed by atoms with E-state index in [1.807, 2.05) is 85.7 Å². The molecule has 1 N–H and O–H groups in total. The third kappa shape index (κ3) is 4.62. The topological polar surface area (TPSA) is 60.9 Å². The molecule has 0 aromatic heterocycles. The molecule has 1 atom stereocenters. The Morgan fingerprint density at radius 3 is 2.11 bits per heavy atom. The summed E-state index contributed by atoms with van der Waals surface area (Å²) < 4.78 is 0. The van der Waals surface area contributed by atoms with Crippen LogP contribution in [0.15, 0.2) is 72.3 Å². The summed E-state index contributed by atoms with van der Waals surface area (Å²) >= 11 is 0. The Hall–Kier alpha value is -3.86. The molecule has 5 nitrogen and oxygen atoms in total. The molecule has 3 aromatic carbocycles. The normalized spacial score (nSPS) is 19.0. The van der Waals surface area contributed by atoms with E-state index >= 15 is 0 Å². The lowest BCUT2D eigenvalue weighted by Crippen LogP contribution is -2.29. The van der Waals surface area contributed by atoms with Crippen LogP contribution in [0.3, 0.4) is 0 Å². The number of Topliss-reactive ketones (excluding diaryl/α,β-unsaturated/α-hetero) is 1. The molecule has 3 aromatic rings. The zero-order chi connectivity index (χ0) is 27.2. The summed E-state index contributed by atoms with van der Waals surface area (Å²) in [6, 6.07) is 20.8. The molecule has 1 unspecified atom stereocenters. The number of amides is 1. The second-order valence-corrected chi connectivity index (χ2v) is 11.6. The second-order valence-electron chi connectivity index (χ2n) is 11.6. The van der Waals surface area contributed by atoms with Crippen LogP contribution < -0.4 is 9.80 Å². The zero-order valence-corrected chi connectivity index (χ0v) is 22.9. The predicted molar refractivity (Wildman–Crippen MR) is 154 cm³/mol. The first-order valence-electron chi connectivity index (χ1n) is 13.4. The summed E-state index contributed by atoms with van der Waals surface area (Å²) in [6.07, 6.45) is 4.27. The minimum atomic E-state index is -0.734. The van der Waals surface area contributed by atoms with E-state index in [4.69, 9.17) is 0 Å². The smallest absolute Gasteiger partial charge is 0.300 e. The van der Waals surface area contributed by atoms with Gasteiger partial charge in [0.05, 0.1) is 11.6 Å². The Bertz CT molecular complexity index is 1410. The Morgan fingerprint density at radius 2 is 1.50 bits per heavy atom. The van der Waals surface area contributed by atoms with Gasteiger partial charge in [-0.25, -0.2) is 0 Å². The molecule has 5 heteroatoms. The third-order valence-electron chi connectivity index (χ3n) is 7.80. The van der Waals surface area contributed by atoms with E-state index in [2.05, 4.69) is 20.8 Å². The van der Waals surface area contributed by atoms with Gasteiger partial charge in [0, 0.05) is 31.0 Å². The molecule has 38 heavy (non-hydrogen) atoms. The van der Waals surface area contributed by atoms with E-state index < -0.39 is 17.7 Å². The molecule has 1 fully saturated rings. The average Bonchev–Trinajstić information content (AvgIpc) is 3.17. The fourth-order valence-electron chi connectivity index (χ4n) is 5.53. The number of carbonyl (C=O) groups excluding carboxylic acids is 2. The Balaban J connectivity index is 1.66. The van der Waals surface area contributed by atoms with Crippen molar-refractivity contribution in [1.29, 1.82) is 0 Å². The Morgan fingerprint density at radius 1 is 0.868 bits per heavy atom. The number of benzene rings is 3. The second kappa shape index (κ2) is 9.79. The van der Waals surface area contributed by atoms with E-state index in [1.165, 1.54) is 22.4 Å². The van der Waals surface area contributed by atoms with Gasteiger partial charge in [-0.05, 0) is 83.7 Å². The summed E-state index contributed by atoms with van der Waals surface area (Å²) in [7, 11) is 3.93. The van der Waals surface area contributed by atoms with Gasteiger partial charge in [0.25, 0.3) is 11.7 Å². The number of hydrogen-bond donors (Lipinski definition) is 1. The molecule has 1 aliphatic heterocycles. The average molecular weight is 509 g/mol. The summed E-state index contributed by atoms with van der Waals surface area (Å²) in [5.74, 6) is -1.41. The molecular formula is C33H36N2O3. The van der Waals surface area contributed by atoms with E-state index in [9.17, 15) is 14.7 Å². The van der Waals surface area contributed by atoms with Crippen LogP contribution in [0.25, 0.3) is 5.76 Å². The molecule has 1 heterocycles. The van der Waals surface area contributed by atoms with Crippen LogP contribution in [0.1, 0.15) is 67.5 Å². The Labute approximate surface area is 225 Å². The van der Waals surface area contributed by atoms with Crippen LogP contribution >= 0.6 is 0 Å². The molecule has 1 amide bonds. The Kier molecular flexibility index (Phi) is 6.64. The number of aryl methyl sites for hydroxylation is 2. The summed E-state index contributed by atoms with van der Waals surface area (Å²) in [4.78, 5) is 30.6. The van der Waals surface area contributed by atoms with E-state index in [0.29, 0.717) is 11.3 Å². The van der Waals surface area contributed by atoms with Crippen molar-refractivity contribution >= 4 is 28.8 Å². The first-order chi connectivity index (χ1) is 18.1. The largest absolute Gasteiger partial charge is 0.507 e. The van der Waals surface area contributed by atoms with Gasteiger partial charge in [-0.2, -0.15) is 0 Å². The number of anilines is 2. The van der Waals surface area contributed by atoms with Gasteiger partial charge in [0.15, 0.2) is 0 Å². The maximum atomic E-state index is 13.6. The van der Waals surface area contributed by atoms with Crippen LogP contribution in [0.4, 0.5) is 11.4 Å². The quantitative estimate of drug-likeness (QED) is 0.246. The molecule has 2 aliphatic rings. The molecule has 0 bridgehead atoms. The van der Waals surface area contributed by atoms with Gasteiger partial charge in [-0.15, -0.1) is 0 Å². The highest BCUT2D eigenvalue weighted by Gasteiger charge is 2.47. The highest BCUT2D eigenvalue weighted by atomic mass is 16.3. The first kappa shape index (κ1) is 25.8. The molecular weight excluding hydrogens is 472 g/mol. The lowest BCUT2D eigenvalue weighted by atomic mass is 9.87. The SMILES string of the molecule is CN(C)c1ccc(C2/C(=C(/O)c3ccc4c(c3)CCCC4)C(=O)C(=O)N2c2ccc(C(C)(C)C)cc2)cc1. The van der Waals surface area contributed by atoms with Crippen molar-refractivity contribution in [1.82, 2.24) is 0 Å². The standard InChI is InChI=1S/C33H36N2O3/c1-33(2,3)25-14-18-27(19-15-25)35-29(22-12-16-26(17-13-22)34(4)5)28(31(37)32(35)38)30(36)24-11-10-21-8-6-7-9-23(21)20-24/h10-20,29,36H,6-9H2,1-5H3/b30-28-. The predicted octanol–water partition coefficient (Wildman–Crippen LogP) is 6.56. The van der Waals surface area contributed by atoms with Crippen LogP contribution in [-0.4, -0.2) is 30.9 Å². The lowest BCUT2D eigenvalue weighted by Gasteiger charge is -2.27. The van der Waals surface area contributed by atoms with Crippen LogP contribution in [0, 0.1) is 0 Å². The minimum Gasteiger partial charge on any atom is -0.507 e. The molecule has 0 radical (unpaired) electrons. The molecule has 5 rings (SSSR count). The fraction of sp³-hybridized carbons (Fsp3) is 0.333. The van der Waals surface area contributed by atoms with Crippen molar-refractivity contribution in [3.63, 3.8) is 0 Å². The summed E-state index contributed by atoms with van der Waals surface area (Å²) in [5.41, 5.74) is 6.72. The number of aliphatic hydroxyl groups excluding tert-OH is 1. The van der Waals surface area contributed by atoms with Crippen LogP contribution in [0.2, 0.25) is 0 Å². The van der Waals surface area contributed by atoms with Crippen molar-refractivity contribution in [3.8, 4) is 0 Å². The minimum absolute atomic E-state index is 0.0411. The number of ketones is 1. The highest BCUT2D eigenvalue weighted by Crippen LogP contribution is 2.43. The molecule has 1 saturated heterocycles. The number of aliphatic hydroxyl groups is 1. The summed E-state index contributed by atoms with van der Waals surface area (Å²) in [6.45, 7) is 6.41. The van der Waals surface area contributed by atoms with Crippen LogP contribution in [0.5, 0.6) is 0 Å². The van der Waals surface area contributed by atoms with Gasteiger partial charge in [0.2, 0.25) is 0 Å². The van der Waals surface area contributed by atoms with Gasteiger partial charge >= 0.3 is 0 Å². The van der Waals surface area contributed by atoms with Crippen molar-refractivity contribution in [2.75, 3.05) is 23.9 Å². The van der Waals surface area contributed by atoms with Crippen molar-refractivity contribution < 1.29 is 14.7 Å². The lowest BCUT2D eigenvalue weighted by molar-refractivity contribution is -0.132. The maximum absolute atomic E-state index is 13.6. The zero-order valence-electron chi connectivity index (χ0n) is 22.9. The molecule has 0 saturated carbocycles. The number of hydrogen-bond acceptors (Lipinski definition) is 4. The van der Waals surface area contributed by atoms with E-state index in [1.54, 1.807) is 0 Å². The van der Waals surface area contributed by atoms with Gasteiger partial charge in [-0.3, -0.25) is 14.5 Å². The van der Waals surface area contributed by atoms with Gasteiger partial charge < -0.3 is 10.0 Å².